The van der Waals surface area contributed by atoms with Gasteiger partial charge in [0.15, 0.2) is 0 Å². The molecule has 0 fully saturated rings. The molecule has 0 aliphatic heterocycles. The molecule has 21 heavy (non-hydrogen) atoms. The van der Waals surface area contributed by atoms with E-state index in [0.717, 1.165) is 16.9 Å². The van der Waals surface area contributed by atoms with Crippen LogP contribution in [0.25, 0.3) is 0 Å². The highest BCUT2D eigenvalue weighted by atomic mass is 19.1. The minimum absolute atomic E-state index is 0.255. The molecule has 2 aromatic rings. The van der Waals surface area contributed by atoms with E-state index >= 15 is 0 Å². The van der Waals surface area contributed by atoms with Crippen molar-refractivity contribution in [3.8, 4) is 17.6 Å². The van der Waals surface area contributed by atoms with Crippen molar-refractivity contribution in [3.63, 3.8) is 0 Å². The molecule has 0 atom stereocenters. The van der Waals surface area contributed by atoms with Gasteiger partial charge in [-0.3, -0.25) is 0 Å². The Bertz CT molecular complexity index is 698. The zero-order valence-electron chi connectivity index (χ0n) is 12.2. The van der Waals surface area contributed by atoms with Crippen molar-refractivity contribution in [3.05, 3.63) is 64.5 Å². The predicted molar refractivity (Wildman–Crippen MR) is 82.6 cm³/mol. The highest BCUT2D eigenvalue weighted by Gasteiger charge is 2.04. The molecule has 108 valence electrons. The number of hydrogen-bond donors (Lipinski definition) is 1. The Hall–Kier alpha value is -2.31. The van der Waals surface area contributed by atoms with E-state index in [2.05, 4.69) is 11.8 Å². The monoisotopic (exact) mass is 283 g/mol. The first-order valence-electron chi connectivity index (χ1n) is 6.77. The quantitative estimate of drug-likeness (QED) is 0.877. The number of halogens is 1. The molecule has 0 unspecified atom stereocenters. The van der Waals surface area contributed by atoms with Crippen LogP contribution in [-0.2, 0) is 6.61 Å². The molecule has 0 saturated carbocycles. The summed E-state index contributed by atoms with van der Waals surface area (Å²) in [5, 5.41) is 0. The van der Waals surface area contributed by atoms with Crippen molar-refractivity contribution in [2.45, 2.75) is 20.5 Å². The highest BCUT2D eigenvalue weighted by molar-refractivity contribution is 5.40. The third kappa shape index (κ3) is 4.08. The second kappa shape index (κ2) is 6.92. The molecule has 2 N–H and O–H groups in total. The van der Waals surface area contributed by atoms with Crippen LogP contribution in [0.5, 0.6) is 5.75 Å². The third-order valence-electron chi connectivity index (χ3n) is 3.24. The van der Waals surface area contributed by atoms with E-state index in [1.165, 1.54) is 17.7 Å². The highest BCUT2D eigenvalue weighted by Crippen LogP contribution is 2.22. The summed E-state index contributed by atoms with van der Waals surface area (Å²) in [6.07, 6.45) is 0. The summed E-state index contributed by atoms with van der Waals surface area (Å²) in [4.78, 5) is 0. The van der Waals surface area contributed by atoms with Crippen LogP contribution >= 0.6 is 0 Å². The zero-order chi connectivity index (χ0) is 15.2. The molecule has 0 radical (unpaired) electrons. The van der Waals surface area contributed by atoms with Crippen molar-refractivity contribution in [1.29, 1.82) is 0 Å². The Morgan fingerprint density at radius 1 is 1.19 bits per heavy atom. The van der Waals surface area contributed by atoms with Crippen LogP contribution in [0.2, 0.25) is 0 Å². The maximum absolute atomic E-state index is 13.6. The largest absolute Gasteiger partial charge is 0.489 e. The molecule has 2 rings (SSSR count). The van der Waals surface area contributed by atoms with Gasteiger partial charge in [0.2, 0.25) is 0 Å². The summed E-state index contributed by atoms with van der Waals surface area (Å²) in [5.74, 6) is 6.05. The first-order chi connectivity index (χ1) is 10.1. The summed E-state index contributed by atoms with van der Waals surface area (Å²) in [7, 11) is 0. The summed E-state index contributed by atoms with van der Waals surface area (Å²) < 4.78 is 19.3. The average molecular weight is 283 g/mol. The van der Waals surface area contributed by atoms with Crippen molar-refractivity contribution in [2.24, 2.45) is 5.73 Å². The van der Waals surface area contributed by atoms with Crippen LogP contribution in [0, 0.1) is 31.5 Å². The molecule has 0 spiro atoms. The Balaban J connectivity index is 2.16. The van der Waals surface area contributed by atoms with Crippen molar-refractivity contribution in [1.82, 2.24) is 0 Å². The van der Waals surface area contributed by atoms with Gasteiger partial charge in [0.05, 0.1) is 6.54 Å². The minimum atomic E-state index is -0.321. The van der Waals surface area contributed by atoms with Crippen molar-refractivity contribution in [2.75, 3.05) is 6.54 Å². The maximum atomic E-state index is 13.6. The molecule has 0 amide bonds. The Labute approximate surface area is 124 Å². The molecule has 3 heteroatoms. The minimum Gasteiger partial charge on any atom is -0.489 e. The van der Waals surface area contributed by atoms with E-state index in [4.69, 9.17) is 10.5 Å². The van der Waals surface area contributed by atoms with Gasteiger partial charge in [0, 0.05) is 5.56 Å². The predicted octanol–water partition coefficient (Wildman–Crippen LogP) is 3.33. The van der Waals surface area contributed by atoms with Crippen molar-refractivity contribution < 1.29 is 9.13 Å². The van der Waals surface area contributed by atoms with E-state index in [1.54, 1.807) is 0 Å². The molecular weight excluding hydrogens is 265 g/mol. The van der Waals surface area contributed by atoms with E-state index < -0.39 is 0 Å². The molecule has 0 aliphatic carbocycles. The lowest BCUT2D eigenvalue weighted by Crippen LogP contribution is -1.99. The standard InChI is InChI=1S/C18H18FNO/c1-13-5-3-7-18(14(13)2)21-12-16-9-15(6-4-8-20)10-17(19)11-16/h3,5,7,9-11H,8,12,20H2,1-2H3. The number of aryl methyl sites for hydroxylation is 1. The number of rotatable bonds is 3. The molecule has 0 bridgehead atoms. The normalized spacial score (nSPS) is 9.90. The molecule has 2 aromatic carbocycles. The third-order valence-corrected chi connectivity index (χ3v) is 3.24. The summed E-state index contributed by atoms with van der Waals surface area (Å²) in [6, 6.07) is 10.6. The lowest BCUT2D eigenvalue weighted by atomic mass is 10.1. The maximum Gasteiger partial charge on any atom is 0.124 e. The van der Waals surface area contributed by atoms with E-state index in [9.17, 15) is 4.39 Å². The van der Waals surface area contributed by atoms with Crippen molar-refractivity contribution >= 4 is 0 Å². The van der Waals surface area contributed by atoms with Crippen LogP contribution < -0.4 is 10.5 Å². The lowest BCUT2D eigenvalue weighted by molar-refractivity contribution is 0.303. The lowest BCUT2D eigenvalue weighted by Gasteiger charge is -2.11. The van der Waals surface area contributed by atoms with E-state index in [-0.39, 0.29) is 12.4 Å². The zero-order valence-corrected chi connectivity index (χ0v) is 12.2. The summed E-state index contributed by atoms with van der Waals surface area (Å²) in [5.41, 5.74) is 8.95. The van der Waals surface area contributed by atoms with E-state index in [0.29, 0.717) is 12.2 Å². The smallest absolute Gasteiger partial charge is 0.124 e. The number of hydrogen-bond acceptors (Lipinski definition) is 2. The first-order valence-corrected chi connectivity index (χ1v) is 6.77. The first kappa shape index (κ1) is 15.1. The summed E-state index contributed by atoms with van der Waals surface area (Å²) in [6.45, 7) is 4.60. The Morgan fingerprint density at radius 3 is 2.76 bits per heavy atom. The summed E-state index contributed by atoms with van der Waals surface area (Å²) >= 11 is 0. The molecule has 0 aromatic heterocycles. The van der Waals surface area contributed by atoms with Crippen LogP contribution in [0.4, 0.5) is 4.39 Å². The molecule has 0 saturated heterocycles. The SMILES string of the molecule is Cc1cccc(OCc2cc(F)cc(C#CCN)c2)c1C. The second-order valence-corrected chi connectivity index (χ2v) is 4.84. The van der Waals surface area contributed by atoms with Crippen LogP contribution in [0.3, 0.4) is 0 Å². The fourth-order valence-corrected chi connectivity index (χ4v) is 2.00. The number of nitrogens with two attached hydrogens (primary N) is 1. The number of benzene rings is 2. The second-order valence-electron chi connectivity index (χ2n) is 4.84. The molecular formula is C18H18FNO. The Kier molecular flexibility index (Phi) is 4.97. The van der Waals surface area contributed by atoms with E-state index in [1.807, 2.05) is 38.1 Å². The van der Waals surface area contributed by atoms with Gasteiger partial charge in [-0.15, -0.1) is 0 Å². The average Bonchev–Trinajstić information content (AvgIpc) is 2.46. The molecule has 0 aliphatic rings. The van der Waals surface area contributed by atoms with Gasteiger partial charge in [-0.25, -0.2) is 4.39 Å². The van der Waals surface area contributed by atoms with Crippen LogP contribution in [-0.4, -0.2) is 6.54 Å². The van der Waals surface area contributed by atoms with Crippen LogP contribution in [0.15, 0.2) is 36.4 Å². The van der Waals surface area contributed by atoms with Crippen LogP contribution in [0.1, 0.15) is 22.3 Å². The van der Waals surface area contributed by atoms with Gasteiger partial charge in [0.25, 0.3) is 0 Å². The molecule has 2 nitrogen and oxygen atoms in total. The van der Waals surface area contributed by atoms with Gasteiger partial charge in [-0.05, 0) is 54.8 Å². The van der Waals surface area contributed by atoms with Gasteiger partial charge in [-0.2, -0.15) is 0 Å². The fourth-order valence-electron chi connectivity index (χ4n) is 2.00. The number of ether oxygens (including phenoxy) is 1. The fraction of sp³-hybridized carbons (Fsp3) is 0.222. The van der Waals surface area contributed by atoms with Gasteiger partial charge < -0.3 is 10.5 Å². The van der Waals surface area contributed by atoms with Gasteiger partial charge >= 0.3 is 0 Å². The Morgan fingerprint density at radius 2 is 2.00 bits per heavy atom. The van der Waals surface area contributed by atoms with Gasteiger partial charge in [-0.1, -0.05) is 24.0 Å². The van der Waals surface area contributed by atoms with Gasteiger partial charge in [0.1, 0.15) is 18.2 Å². The molecule has 0 heterocycles. The topological polar surface area (TPSA) is 35.2 Å².